The number of rotatable bonds is 19. The summed E-state index contributed by atoms with van der Waals surface area (Å²) in [5.41, 5.74) is 2.28. The summed E-state index contributed by atoms with van der Waals surface area (Å²) in [6.07, 6.45) is 0.0863. The van der Waals surface area contributed by atoms with E-state index in [1.807, 2.05) is 0 Å². The molecule has 21 heteroatoms. The first-order valence-electron chi connectivity index (χ1n) is 20.9. The molecule has 2 aromatic heterocycles. The number of aliphatic hydroxyl groups is 1. The Kier molecular flexibility index (Phi) is 14.3. The van der Waals surface area contributed by atoms with Crippen LogP contribution in [0.4, 0.5) is 4.79 Å². The minimum absolute atomic E-state index is 0.0976. The van der Waals surface area contributed by atoms with Gasteiger partial charge in [0.15, 0.2) is 0 Å². The summed E-state index contributed by atoms with van der Waals surface area (Å²) in [7, 11) is -5.37. The summed E-state index contributed by atoms with van der Waals surface area (Å²) in [5.74, 6) is 1.47. The molecule has 1 atom stereocenters. The minimum Gasteiger partial charge on any atom is -0.497 e. The van der Waals surface area contributed by atoms with Crippen molar-refractivity contribution in [2.75, 3.05) is 34.5 Å². The van der Waals surface area contributed by atoms with Crippen LogP contribution in [0.5, 0.6) is 17.2 Å². The third kappa shape index (κ3) is 10.6. The Morgan fingerprint density at radius 2 is 1.36 bits per heavy atom. The lowest BCUT2D eigenvalue weighted by molar-refractivity contribution is 0.0482. The molecule has 0 aliphatic rings. The number of ether oxygens (including phenoxy) is 3. The molecule has 352 valence electrons. The maximum atomic E-state index is 16.1. The normalized spacial score (nSPS) is 12.6. The number of nitrogens with zero attached hydrogens (tertiary/aromatic N) is 7. The van der Waals surface area contributed by atoms with Crippen molar-refractivity contribution in [1.82, 2.24) is 44.1 Å². The predicted octanol–water partition coefficient (Wildman–Crippen LogP) is 5.77. The number of imidazole rings is 1. The first-order chi connectivity index (χ1) is 32.0. The van der Waals surface area contributed by atoms with Crippen molar-refractivity contribution in [2.24, 2.45) is 0 Å². The Morgan fingerprint density at radius 1 is 0.791 bits per heavy atom. The van der Waals surface area contributed by atoms with Crippen molar-refractivity contribution in [3.05, 3.63) is 126 Å². The quantitative estimate of drug-likeness (QED) is 0.0753. The molecule has 0 saturated heterocycles. The molecule has 0 unspecified atom stereocenters. The van der Waals surface area contributed by atoms with E-state index in [4.69, 9.17) is 19.3 Å². The average Bonchev–Trinajstić information content (AvgIpc) is 4.00. The van der Waals surface area contributed by atoms with E-state index in [2.05, 4.69) is 25.0 Å². The number of amides is 1. The van der Waals surface area contributed by atoms with Crippen LogP contribution in [0.2, 0.25) is 0 Å². The van der Waals surface area contributed by atoms with Crippen LogP contribution in [0, 0.1) is 0 Å². The van der Waals surface area contributed by atoms with Gasteiger partial charge in [-0.2, -0.15) is 9.10 Å². The van der Waals surface area contributed by atoms with Crippen LogP contribution in [0.15, 0.2) is 119 Å². The summed E-state index contributed by atoms with van der Waals surface area (Å²) in [5, 5.41) is 34.0. The Hall–Kier alpha value is -6.91. The minimum atomic E-state index is -5.01. The van der Waals surface area contributed by atoms with E-state index in [0.717, 1.165) is 14.8 Å². The molecular weight excluding hydrogens is 903 g/mol. The van der Waals surface area contributed by atoms with Crippen molar-refractivity contribution in [1.29, 1.82) is 0 Å². The smallest absolute Gasteiger partial charge is 0.408 e. The van der Waals surface area contributed by atoms with Gasteiger partial charge in [0.2, 0.25) is 25.9 Å². The highest BCUT2D eigenvalue weighted by atomic mass is 32.2. The van der Waals surface area contributed by atoms with E-state index in [0.29, 0.717) is 45.0 Å². The van der Waals surface area contributed by atoms with Crippen LogP contribution in [-0.2, 0) is 39.7 Å². The Labute approximate surface area is 388 Å². The number of nitrogens with one attached hydrogen (secondary N) is 2. The van der Waals surface area contributed by atoms with Gasteiger partial charge >= 0.3 is 6.09 Å². The fraction of sp³-hybridized carbons (Fsp3) is 0.283. The molecule has 7 aromatic rings. The van der Waals surface area contributed by atoms with Crippen LogP contribution < -0.4 is 18.9 Å². The number of methoxy groups -OCH3 is 3. The van der Waals surface area contributed by atoms with Crippen molar-refractivity contribution >= 4 is 37.2 Å². The first-order valence-corrected chi connectivity index (χ1v) is 23.8. The zero-order valence-corrected chi connectivity index (χ0v) is 39.2. The summed E-state index contributed by atoms with van der Waals surface area (Å²) < 4.78 is 81.7. The molecular formula is C46H51N9O10S2. The zero-order chi connectivity index (χ0) is 48.1. The molecule has 67 heavy (non-hydrogen) atoms. The maximum Gasteiger partial charge on any atom is 0.408 e. The Balaban J connectivity index is 1.49. The molecule has 0 fully saturated rings. The van der Waals surface area contributed by atoms with Crippen molar-refractivity contribution in [3.63, 3.8) is 0 Å². The molecule has 1 amide bonds. The Bertz CT molecular complexity index is 3010. The van der Waals surface area contributed by atoms with Gasteiger partial charge in [-0.25, -0.2) is 31.3 Å². The first kappa shape index (κ1) is 48.0. The third-order valence-corrected chi connectivity index (χ3v) is 14.4. The van der Waals surface area contributed by atoms with Crippen LogP contribution >= 0.6 is 0 Å². The lowest BCUT2D eigenvalue weighted by Crippen LogP contribution is -2.56. The number of H-pyrrole nitrogens is 1. The van der Waals surface area contributed by atoms with Crippen molar-refractivity contribution < 1.29 is 46.1 Å². The standard InChI is InChI=1S/C46H51N9O10S2/c1-46(2,3)55(45(57)58)33(28-56)24-49-66(59,60)40-23-22-37(38-8-7-9-39-42(38)48-29-47-39)41(44-50-52-54(51-44)27-32-14-20-36(65-6)21-15-32)43(40)67(61,62)53(25-30-10-16-34(63-4)17-11-30)26-31-12-18-35(64-5)19-13-31/h7-23,29,33,49,56H,24-28H2,1-6H3,(H,47,48)(H,57,58)/t33-/m0/s1. The molecule has 2 heterocycles. The molecule has 0 saturated carbocycles. The molecule has 0 bridgehead atoms. The van der Waals surface area contributed by atoms with Crippen molar-refractivity contribution in [2.45, 2.75) is 61.8 Å². The second-order valence-corrected chi connectivity index (χ2v) is 20.0. The van der Waals surface area contributed by atoms with E-state index in [9.17, 15) is 23.4 Å². The fourth-order valence-electron chi connectivity index (χ4n) is 7.70. The lowest BCUT2D eigenvalue weighted by Gasteiger charge is -2.38. The molecule has 19 nitrogen and oxygen atoms in total. The highest BCUT2D eigenvalue weighted by Gasteiger charge is 2.39. The molecule has 7 rings (SSSR count). The average molecular weight is 954 g/mol. The monoisotopic (exact) mass is 953 g/mol. The van der Waals surface area contributed by atoms with Crippen LogP contribution in [0.3, 0.4) is 0 Å². The predicted molar refractivity (Wildman–Crippen MR) is 249 cm³/mol. The van der Waals surface area contributed by atoms with Crippen LogP contribution in [0.1, 0.15) is 37.5 Å². The topological polar surface area (TPSA) is 244 Å². The number of tetrazole rings is 1. The maximum absolute atomic E-state index is 16.1. The van der Waals surface area contributed by atoms with Gasteiger partial charge in [0, 0.05) is 30.7 Å². The lowest BCUT2D eigenvalue weighted by atomic mass is 9.98. The van der Waals surface area contributed by atoms with E-state index in [-0.39, 0.29) is 36.6 Å². The van der Waals surface area contributed by atoms with E-state index < -0.39 is 60.7 Å². The summed E-state index contributed by atoms with van der Waals surface area (Å²) in [6.45, 7) is 3.03. The van der Waals surface area contributed by atoms with E-state index in [1.54, 1.807) is 119 Å². The van der Waals surface area contributed by atoms with Crippen molar-refractivity contribution in [3.8, 4) is 39.8 Å². The highest BCUT2D eigenvalue weighted by Crippen LogP contribution is 2.43. The van der Waals surface area contributed by atoms with Gasteiger partial charge in [0.25, 0.3) is 0 Å². The SMILES string of the molecule is COc1ccc(CN(Cc2ccc(OC)cc2)S(=O)(=O)c2c(S(=O)(=O)NC[C@@H](CO)N(C(=O)O)C(C)(C)C)ccc(-c3cccc4[nH]cnc34)c2-c2nnn(Cc3ccc(OC)cc3)n2)cc1. The van der Waals surface area contributed by atoms with Gasteiger partial charge in [0.05, 0.1) is 63.4 Å². The third-order valence-electron chi connectivity index (χ3n) is 11.0. The summed E-state index contributed by atoms with van der Waals surface area (Å²) in [4.78, 5) is 20.9. The number of benzene rings is 5. The van der Waals surface area contributed by atoms with Gasteiger partial charge < -0.3 is 29.4 Å². The Morgan fingerprint density at radius 3 is 1.88 bits per heavy atom. The molecule has 0 radical (unpaired) electrons. The number of para-hydroxylation sites is 1. The number of carboxylic acid groups (broad SMARTS) is 1. The van der Waals surface area contributed by atoms with Crippen LogP contribution in [-0.4, -0.2) is 119 Å². The molecule has 0 aliphatic carbocycles. The summed E-state index contributed by atoms with van der Waals surface area (Å²) >= 11 is 0. The van der Waals surface area contributed by atoms with Gasteiger partial charge in [-0.15, -0.1) is 10.2 Å². The number of hydrogen-bond acceptors (Lipinski definition) is 13. The molecule has 5 aromatic carbocycles. The van der Waals surface area contributed by atoms with Gasteiger partial charge in [-0.05, 0) is 96.8 Å². The number of aromatic amines is 1. The second-order valence-electron chi connectivity index (χ2n) is 16.4. The van der Waals surface area contributed by atoms with Gasteiger partial charge in [-0.3, -0.25) is 4.90 Å². The largest absolute Gasteiger partial charge is 0.497 e. The number of aromatic nitrogens is 6. The van der Waals surface area contributed by atoms with Gasteiger partial charge in [-0.1, -0.05) is 54.6 Å². The number of sulfonamides is 2. The highest BCUT2D eigenvalue weighted by molar-refractivity contribution is 7.92. The van der Waals surface area contributed by atoms with Gasteiger partial charge in [0.1, 0.15) is 27.0 Å². The fourth-order valence-corrected chi connectivity index (χ4v) is 11.2. The number of aliphatic hydroxyl groups excluding tert-OH is 1. The number of fused-ring (bicyclic) bond motifs is 1. The number of hydrogen-bond donors (Lipinski definition) is 4. The summed E-state index contributed by atoms with van der Waals surface area (Å²) in [6, 6.07) is 27.3. The zero-order valence-electron chi connectivity index (χ0n) is 37.6. The van der Waals surface area contributed by atoms with Crippen LogP contribution in [0.25, 0.3) is 33.5 Å². The second kappa shape index (κ2) is 19.9. The van der Waals surface area contributed by atoms with E-state index in [1.165, 1.54) is 37.5 Å². The molecule has 0 spiro atoms. The molecule has 0 aliphatic heterocycles. The number of carbonyl (C=O) groups is 1. The molecule has 4 N–H and O–H groups in total. The van der Waals surface area contributed by atoms with E-state index >= 15 is 8.42 Å².